The summed E-state index contributed by atoms with van der Waals surface area (Å²) in [6.45, 7) is 1.80. The van der Waals surface area contributed by atoms with Crippen LogP contribution in [0.15, 0.2) is 24.3 Å². The first-order valence-corrected chi connectivity index (χ1v) is 6.76. The van der Waals surface area contributed by atoms with Crippen molar-refractivity contribution in [2.75, 3.05) is 18.4 Å². The molecule has 3 N–H and O–H groups in total. The van der Waals surface area contributed by atoms with Crippen molar-refractivity contribution in [3.05, 3.63) is 29.8 Å². The zero-order chi connectivity index (χ0) is 12.8. The van der Waals surface area contributed by atoms with Crippen molar-refractivity contribution < 1.29 is 0 Å². The maximum atomic E-state index is 9.02. The topological polar surface area (TPSA) is 61.8 Å². The van der Waals surface area contributed by atoms with Crippen LogP contribution in [0, 0.1) is 23.2 Å². The molecule has 96 valence electrons. The molecule has 2 rings (SSSR count). The Kier molecular flexibility index (Phi) is 4.60. The minimum absolute atomic E-state index is 0.722. The van der Waals surface area contributed by atoms with Gasteiger partial charge in [0.05, 0.1) is 11.3 Å². The number of hydrogen-bond donors (Lipinski definition) is 2. The molecule has 0 atom stereocenters. The fourth-order valence-corrected chi connectivity index (χ4v) is 2.66. The molecule has 0 amide bonds. The van der Waals surface area contributed by atoms with Gasteiger partial charge in [0.2, 0.25) is 0 Å². The van der Waals surface area contributed by atoms with Crippen molar-refractivity contribution in [1.29, 1.82) is 5.26 Å². The number of nitrogens with zero attached hydrogens (tertiary/aromatic N) is 1. The van der Waals surface area contributed by atoms with Crippen LogP contribution in [0.1, 0.15) is 31.2 Å². The normalized spacial score (nSPS) is 23.3. The molecule has 0 bridgehead atoms. The third-order valence-electron chi connectivity index (χ3n) is 3.93. The molecule has 3 nitrogen and oxygen atoms in total. The molecule has 1 saturated carbocycles. The van der Waals surface area contributed by atoms with Crippen molar-refractivity contribution in [3.8, 4) is 6.07 Å². The van der Waals surface area contributed by atoms with Crippen molar-refractivity contribution in [2.24, 2.45) is 17.6 Å². The maximum Gasteiger partial charge on any atom is 0.101 e. The third kappa shape index (κ3) is 3.24. The SMILES string of the molecule is N#Cc1ccccc1NCC1CCC(CN)CC1. The lowest BCUT2D eigenvalue weighted by Gasteiger charge is -2.28. The van der Waals surface area contributed by atoms with Crippen LogP contribution in [-0.4, -0.2) is 13.1 Å². The maximum absolute atomic E-state index is 9.02. The molecule has 0 unspecified atom stereocenters. The van der Waals surface area contributed by atoms with E-state index >= 15 is 0 Å². The lowest BCUT2D eigenvalue weighted by molar-refractivity contribution is 0.289. The third-order valence-corrected chi connectivity index (χ3v) is 3.93. The van der Waals surface area contributed by atoms with Gasteiger partial charge in [0.1, 0.15) is 6.07 Å². The molecular weight excluding hydrogens is 222 g/mol. The first-order valence-electron chi connectivity index (χ1n) is 6.76. The highest BCUT2D eigenvalue weighted by atomic mass is 14.9. The van der Waals surface area contributed by atoms with Crippen molar-refractivity contribution in [3.63, 3.8) is 0 Å². The Hall–Kier alpha value is -1.53. The van der Waals surface area contributed by atoms with Crippen LogP contribution in [0.4, 0.5) is 5.69 Å². The minimum atomic E-state index is 0.722. The Bertz CT molecular complexity index is 414. The average molecular weight is 243 g/mol. The summed E-state index contributed by atoms with van der Waals surface area (Å²) in [4.78, 5) is 0. The quantitative estimate of drug-likeness (QED) is 0.854. The Morgan fingerprint density at radius 1 is 1.17 bits per heavy atom. The highest BCUT2D eigenvalue weighted by Gasteiger charge is 2.19. The second kappa shape index (κ2) is 6.42. The van der Waals surface area contributed by atoms with E-state index in [9.17, 15) is 0 Å². The molecule has 0 spiro atoms. The molecule has 18 heavy (non-hydrogen) atoms. The van der Waals surface area contributed by atoms with Gasteiger partial charge in [0.25, 0.3) is 0 Å². The summed E-state index contributed by atoms with van der Waals surface area (Å²) in [7, 11) is 0. The fraction of sp³-hybridized carbons (Fsp3) is 0.533. The van der Waals surface area contributed by atoms with Crippen LogP contribution in [0.25, 0.3) is 0 Å². The van der Waals surface area contributed by atoms with Gasteiger partial charge < -0.3 is 11.1 Å². The van der Waals surface area contributed by atoms with E-state index in [1.165, 1.54) is 25.7 Å². The van der Waals surface area contributed by atoms with Gasteiger partial charge in [-0.15, -0.1) is 0 Å². The predicted octanol–water partition coefficient (Wildman–Crippen LogP) is 2.74. The van der Waals surface area contributed by atoms with Crippen LogP contribution in [-0.2, 0) is 0 Å². The van der Waals surface area contributed by atoms with Crippen LogP contribution >= 0.6 is 0 Å². The number of nitrogens with one attached hydrogen (secondary N) is 1. The van der Waals surface area contributed by atoms with E-state index in [0.717, 1.165) is 36.2 Å². The lowest BCUT2D eigenvalue weighted by atomic mass is 9.82. The lowest BCUT2D eigenvalue weighted by Crippen LogP contribution is -2.25. The molecule has 0 aliphatic heterocycles. The molecule has 1 fully saturated rings. The molecule has 1 aliphatic carbocycles. The van der Waals surface area contributed by atoms with Gasteiger partial charge in [-0.05, 0) is 56.2 Å². The van der Waals surface area contributed by atoms with Gasteiger partial charge in [-0.25, -0.2) is 0 Å². The first kappa shape index (κ1) is 12.9. The molecule has 1 aliphatic rings. The van der Waals surface area contributed by atoms with Gasteiger partial charge in [0, 0.05) is 6.54 Å². The molecule has 3 heteroatoms. The Labute approximate surface area is 109 Å². The zero-order valence-electron chi connectivity index (χ0n) is 10.7. The number of para-hydroxylation sites is 1. The van der Waals surface area contributed by atoms with Crippen molar-refractivity contribution in [2.45, 2.75) is 25.7 Å². The average Bonchev–Trinajstić information content (AvgIpc) is 2.46. The highest BCUT2D eigenvalue weighted by Crippen LogP contribution is 2.28. The number of hydrogen-bond acceptors (Lipinski definition) is 3. The zero-order valence-corrected chi connectivity index (χ0v) is 10.7. The molecule has 1 aromatic carbocycles. The largest absolute Gasteiger partial charge is 0.384 e. The smallest absolute Gasteiger partial charge is 0.101 e. The number of nitrogens with two attached hydrogens (primary N) is 1. The van der Waals surface area contributed by atoms with Crippen LogP contribution in [0.2, 0.25) is 0 Å². The van der Waals surface area contributed by atoms with Gasteiger partial charge in [0.15, 0.2) is 0 Å². The Morgan fingerprint density at radius 3 is 2.50 bits per heavy atom. The van der Waals surface area contributed by atoms with E-state index < -0.39 is 0 Å². The summed E-state index contributed by atoms with van der Waals surface area (Å²) < 4.78 is 0. The number of nitriles is 1. The summed E-state index contributed by atoms with van der Waals surface area (Å²) in [5.41, 5.74) is 7.39. The monoisotopic (exact) mass is 243 g/mol. The number of rotatable bonds is 4. The second-order valence-corrected chi connectivity index (χ2v) is 5.16. The molecule has 0 saturated heterocycles. The van der Waals surface area contributed by atoms with Gasteiger partial charge >= 0.3 is 0 Å². The molecule has 0 heterocycles. The number of benzene rings is 1. The molecule has 0 aromatic heterocycles. The van der Waals surface area contributed by atoms with Crippen LogP contribution < -0.4 is 11.1 Å². The fourth-order valence-electron chi connectivity index (χ4n) is 2.66. The standard InChI is InChI=1S/C15H21N3/c16-9-12-5-7-13(8-6-12)11-18-15-4-2-1-3-14(15)10-17/h1-4,12-13,18H,5-9,11,16H2. The molecular formula is C15H21N3. The molecule has 0 radical (unpaired) electrons. The van der Waals surface area contributed by atoms with E-state index in [-0.39, 0.29) is 0 Å². The summed E-state index contributed by atoms with van der Waals surface area (Å²) in [5, 5.41) is 12.4. The van der Waals surface area contributed by atoms with Crippen LogP contribution in [0.5, 0.6) is 0 Å². The van der Waals surface area contributed by atoms with Crippen molar-refractivity contribution in [1.82, 2.24) is 0 Å². The summed E-state index contributed by atoms with van der Waals surface area (Å²) in [5.74, 6) is 1.45. The summed E-state index contributed by atoms with van der Waals surface area (Å²) in [6.07, 6.45) is 5.01. The predicted molar refractivity (Wildman–Crippen MR) is 74.1 cm³/mol. The Morgan fingerprint density at radius 2 is 1.83 bits per heavy atom. The van der Waals surface area contributed by atoms with E-state index in [2.05, 4.69) is 11.4 Å². The van der Waals surface area contributed by atoms with E-state index in [0.29, 0.717) is 0 Å². The second-order valence-electron chi connectivity index (χ2n) is 5.16. The van der Waals surface area contributed by atoms with Gasteiger partial charge in [-0.3, -0.25) is 0 Å². The van der Waals surface area contributed by atoms with Crippen molar-refractivity contribution >= 4 is 5.69 Å². The number of anilines is 1. The van der Waals surface area contributed by atoms with E-state index in [4.69, 9.17) is 11.0 Å². The highest BCUT2D eigenvalue weighted by molar-refractivity contribution is 5.57. The van der Waals surface area contributed by atoms with E-state index in [1.54, 1.807) is 0 Å². The first-order chi connectivity index (χ1) is 8.83. The van der Waals surface area contributed by atoms with Gasteiger partial charge in [-0.1, -0.05) is 12.1 Å². The van der Waals surface area contributed by atoms with Gasteiger partial charge in [-0.2, -0.15) is 5.26 Å². The minimum Gasteiger partial charge on any atom is -0.384 e. The summed E-state index contributed by atoms with van der Waals surface area (Å²) >= 11 is 0. The Balaban J connectivity index is 1.84. The molecule has 1 aromatic rings. The van der Waals surface area contributed by atoms with E-state index in [1.807, 2.05) is 24.3 Å². The summed E-state index contributed by atoms with van der Waals surface area (Å²) in [6, 6.07) is 9.92. The van der Waals surface area contributed by atoms with Crippen LogP contribution in [0.3, 0.4) is 0 Å².